The predicted molar refractivity (Wildman–Crippen MR) is 99.0 cm³/mol. The summed E-state index contributed by atoms with van der Waals surface area (Å²) in [6.45, 7) is 1.70. The number of rotatable bonds is 5. The van der Waals surface area contributed by atoms with Crippen LogP contribution in [0, 0.1) is 16.7 Å². The van der Waals surface area contributed by atoms with Gasteiger partial charge in [0.1, 0.15) is 5.25 Å². The maximum atomic E-state index is 13.2. The molecule has 0 bridgehead atoms. The number of hydrogen-bond donors (Lipinski definition) is 0. The zero-order valence-electron chi connectivity index (χ0n) is 13.9. The van der Waals surface area contributed by atoms with Crippen LogP contribution >= 0.6 is 15.9 Å². The van der Waals surface area contributed by atoms with Gasteiger partial charge < -0.3 is 4.74 Å². The number of benzene rings is 2. The van der Waals surface area contributed by atoms with Crippen LogP contribution in [-0.2, 0) is 19.4 Å². The van der Waals surface area contributed by atoms with Crippen molar-refractivity contribution in [3.63, 3.8) is 0 Å². The lowest BCUT2D eigenvalue weighted by atomic mass is 10.0. The van der Waals surface area contributed by atoms with Crippen LogP contribution in [0.1, 0.15) is 18.4 Å². The van der Waals surface area contributed by atoms with E-state index >= 15 is 0 Å². The zero-order chi connectivity index (χ0) is 18.9. The Hall–Kier alpha value is -2.17. The third-order valence-corrected chi connectivity index (χ3v) is 7.34. The largest absolute Gasteiger partial charge is 0.465 e. The number of halogens is 1. The van der Waals surface area contributed by atoms with Crippen molar-refractivity contribution in [2.24, 2.45) is 5.41 Å². The van der Waals surface area contributed by atoms with E-state index < -0.39 is 32.4 Å². The van der Waals surface area contributed by atoms with Gasteiger partial charge in [-0.05, 0) is 36.8 Å². The lowest BCUT2D eigenvalue weighted by Crippen LogP contribution is -2.25. The molecular weight excluding hydrogens is 418 g/mol. The monoisotopic (exact) mass is 433 g/mol. The van der Waals surface area contributed by atoms with E-state index in [2.05, 4.69) is 15.9 Å². The van der Waals surface area contributed by atoms with Crippen molar-refractivity contribution >= 4 is 31.7 Å². The molecule has 0 amide bonds. The van der Waals surface area contributed by atoms with Gasteiger partial charge in [-0.2, -0.15) is 5.26 Å². The number of carbonyl (C=O) groups is 1. The second kappa shape index (κ2) is 6.86. The topological polar surface area (TPSA) is 84.2 Å². The zero-order valence-corrected chi connectivity index (χ0v) is 16.3. The number of carbonyl (C=O) groups excluding carboxylic acids is 1. The van der Waals surface area contributed by atoms with Crippen molar-refractivity contribution in [3.05, 3.63) is 64.6 Å². The molecule has 5 nitrogen and oxygen atoms in total. The second-order valence-electron chi connectivity index (χ2n) is 6.01. The van der Waals surface area contributed by atoms with Gasteiger partial charge in [0.05, 0.1) is 17.6 Å². The maximum Gasteiger partial charge on any atom is 0.328 e. The average molecular weight is 434 g/mol. The molecule has 0 saturated heterocycles. The summed E-state index contributed by atoms with van der Waals surface area (Å²) >= 11 is 3.33. The summed E-state index contributed by atoms with van der Waals surface area (Å²) in [5, 5.41) is 8.62. The van der Waals surface area contributed by atoms with E-state index in [1.165, 1.54) is 12.1 Å². The first-order valence-electron chi connectivity index (χ1n) is 8.02. The molecule has 1 aliphatic carbocycles. The summed E-state index contributed by atoms with van der Waals surface area (Å²) in [6.07, 6.45) is 0. The van der Waals surface area contributed by atoms with E-state index in [1.54, 1.807) is 49.4 Å². The summed E-state index contributed by atoms with van der Waals surface area (Å²) in [5.74, 6) is -1.57. The maximum absolute atomic E-state index is 13.2. The quantitative estimate of drug-likeness (QED) is 0.673. The molecule has 0 aromatic heterocycles. The van der Waals surface area contributed by atoms with Crippen molar-refractivity contribution in [2.75, 3.05) is 6.61 Å². The van der Waals surface area contributed by atoms with Gasteiger partial charge in [-0.3, -0.25) is 4.79 Å². The molecule has 2 aromatic rings. The number of sulfone groups is 1. The molecule has 0 N–H and O–H groups in total. The van der Waals surface area contributed by atoms with Gasteiger partial charge >= 0.3 is 5.97 Å². The highest BCUT2D eigenvalue weighted by Crippen LogP contribution is 2.64. The fraction of sp³-hybridized carbons (Fsp3) is 0.263. The molecule has 2 aromatic carbocycles. The van der Waals surface area contributed by atoms with Gasteiger partial charge in [0, 0.05) is 10.4 Å². The van der Waals surface area contributed by atoms with Gasteiger partial charge in [0.2, 0.25) is 0 Å². The van der Waals surface area contributed by atoms with Crippen LogP contribution < -0.4 is 0 Å². The third-order valence-electron chi connectivity index (χ3n) is 4.57. The Morgan fingerprint density at radius 1 is 1.19 bits per heavy atom. The normalized spacial score (nSPS) is 24.5. The minimum absolute atomic E-state index is 0.0768. The molecule has 3 rings (SSSR count). The summed E-state index contributed by atoms with van der Waals surface area (Å²) < 4.78 is 32.2. The van der Waals surface area contributed by atoms with Crippen LogP contribution in [0.5, 0.6) is 0 Å². The molecule has 1 aliphatic rings. The fourth-order valence-corrected chi connectivity index (χ4v) is 5.85. The molecular formula is C19H16BrNO4S. The van der Waals surface area contributed by atoms with Crippen LogP contribution in [0.2, 0.25) is 0 Å². The van der Waals surface area contributed by atoms with Crippen molar-refractivity contribution in [2.45, 2.75) is 23.0 Å². The minimum Gasteiger partial charge on any atom is -0.465 e. The highest BCUT2D eigenvalue weighted by molar-refractivity contribution is 9.10. The number of esters is 1. The van der Waals surface area contributed by atoms with E-state index in [9.17, 15) is 18.5 Å². The van der Waals surface area contributed by atoms with Crippen LogP contribution in [0.4, 0.5) is 0 Å². The first-order chi connectivity index (χ1) is 12.4. The molecule has 26 heavy (non-hydrogen) atoms. The standard InChI is InChI=1S/C19H16BrNO4S/c1-2-25-18(22)19(12-21)16(13-8-10-14(20)11-9-13)17(19)26(23,24)15-6-4-3-5-7-15/h3-11,16-17H,2H2,1H3. The Balaban J connectivity index is 2.13. The highest BCUT2D eigenvalue weighted by atomic mass is 79.9. The SMILES string of the molecule is CCOC(=O)C1(C#N)C(c2ccc(Br)cc2)C1S(=O)(=O)c1ccccc1. The van der Waals surface area contributed by atoms with E-state index in [0.29, 0.717) is 5.56 Å². The number of nitrogens with zero attached hydrogens (tertiary/aromatic N) is 1. The summed E-state index contributed by atoms with van der Waals surface area (Å²) in [5.41, 5.74) is -1.12. The van der Waals surface area contributed by atoms with Crippen LogP contribution in [0.3, 0.4) is 0 Å². The Labute approximate surface area is 160 Å². The summed E-state index contributed by atoms with van der Waals surface area (Å²) in [6, 6.07) is 16.8. The van der Waals surface area contributed by atoms with Crippen LogP contribution in [0.15, 0.2) is 64.0 Å². The molecule has 0 aliphatic heterocycles. The van der Waals surface area contributed by atoms with E-state index in [4.69, 9.17) is 4.74 Å². The number of nitriles is 1. The summed E-state index contributed by atoms with van der Waals surface area (Å²) in [7, 11) is -3.89. The fourth-order valence-electron chi connectivity index (χ4n) is 3.32. The van der Waals surface area contributed by atoms with Gasteiger partial charge in [-0.1, -0.05) is 46.3 Å². The Kier molecular flexibility index (Phi) is 4.91. The lowest BCUT2D eigenvalue weighted by Gasteiger charge is -2.09. The molecule has 3 unspecified atom stereocenters. The molecule has 134 valence electrons. The van der Waals surface area contributed by atoms with Gasteiger partial charge in [0.15, 0.2) is 15.3 Å². The Morgan fingerprint density at radius 3 is 2.35 bits per heavy atom. The molecule has 1 fully saturated rings. The lowest BCUT2D eigenvalue weighted by molar-refractivity contribution is -0.147. The molecule has 0 spiro atoms. The van der Waals surface area contributed by atoms with Crippen molar-refractivity contribution < 1.29 is 17.9 Å². The molecule has 0 heterocycles. The van der Waals surface area contributed by atoms with Gasteiger partial charge in [-0.15, -0.1) is 0 Å². The minimum atomic E-state index is -3.89. The van der Waals surface area contributed by atoms with Crippen LogP contribution in [0.25, 0.3) is 0 Å². The van der Waals surface area contributed by atoms with E-state index in [1.807, 2.05) is 6.07 Å². The molecule has 1 saturated carbocycles. The predicted octanol–water partition coefficient (Wildman–Crippen LogP) is 3.46. The first kappa shape index (κ1) is 18.6. The van der Waals surface area contributed by atoms with Crippen LogP contribution in [-0.4, -0.2) is 26.2 Å². The van der Waals surface area contributed by atoms with Crippen molar-refractivity contribution in [1.82, 2.24) is 0 Å². The Morgan fingerprint density at radius 2 is 1.81 bits per heavy atom. The smallest absolute Gasteiger partial charge is 0.328 e. The molecule has 0 radical (unpaired) electrons. The third kappa shape index (κ3) is 2.83. The van der Waals surface area contributed by atoms with E-state index in [0.717, 1.165) is 4.47 Å². The van der Waals surface area contributed by atoms with Crippen molar-refractivity contribution in [1.29, 1.82) is 5.26 Å². The average Bonchev–Trinajstić information content (AvgIpc) is 3.35. The molecule has 3 atom stereocenters. The summed E-state index contributed by atoms with van der Waals surface area (Å²) in [4.78, 5) is 12.7. The molecule has 7 heteroatoms. The van der Waals surface area contributed by atoms with E-state index in [-0.39, 0.29) is 11.5 Å². The second-order valence-corrected chi connectivity index (χ2v) is 8.99. The number of hydrogen-bond acceptors (Lipinski definition) is 5. The first-order valence-corrected chi connectivity index (χ1v) is 10.4. The Bertz CT molecular complexity index is 967. The number of ether oxygens (including phenoxy) is 1. The van der Waals surface area contributed by atoms with Gasteiger partial charge in [0.25, 0.3) is 0 Å². The van der Waals surface area contributed by atoms with Gasteiger partial charge in [-0.25, -0.2) is 8.42 Å². The highest BCUT2D eigenvalue weighted by Gasteiger charge is 2.77. The van der Waals surface area contributed by atoms with Crippen molar-refractivity contribution in [3.8, 4) is 6.07 Å².